The zero-order valence-corrected chi connectivity index (χ0v) is 18.2. The summed E-state index contributed by atoms with van der Waals surface area (Å²) in [5.74, 6) is 0.240. The average Bonchev–Trinajstić information content (AvgIpc) is 3.10. The highest BCUT2D eigenvalue weighted by Crippen LogP contribution is 2.41. The molecule has 5 rings (SSSR count). The topological polar surface area (TPSA) is 46.6 Å². The summed E-state index contributed by atoms with van der Waals surface area (Å²) in [6, 6.07) is 10.8. The Balaban J connectivity index is 1.42. The van der Waals surface area contributed by atoms with Crippen LogP contribution in [-0.4, -0.2) is 34.5 Å². The standard InChI is InChI=1S/C26H31NO3/c1-26(2,3)30-25(29)27-19-7-5-8-20(27)15-18(14-19)24(28)22-13-12-17-11-10-16-6-4-9-21(22)23(16)17/h4,6,9,12-13,18-20H,5,7-8,10-11,14-15H2,1-3H3. The number of ether oxygens (including phenoxy) is 1. The molecule has 0 aromatic heterocycles. The highest BCUT2D eigenvalue weighted by atomic mass is 16.6. The molecule has 2 aliphatic heterocycles. The molecule has 4 nitrogen and oxygen atoms in total. The van der Waals surface area contributed by atoms with Crippen LogP contribution in [0.3, 0.4) is 0 Å². The summed E-state index contributed by atoms with van der Waals surface area (Å²) in [4.78, 5) is 28.5. The Bertz CT molecular complexity index is 995. The number of rotatable bonds is 2. The molecule has 0 radical (unpaired) electrons. The number of hydrogen-bond acceptors (Lipinski definition) is 3. The molecule has 2 aromatic rings. The molecular weight excluding hydrogens is 374 g/mol. The molecule has 2 saturated heterocycles. The molecular formula is C26H31NO3. The third kappa shape index (κ3) is 3.30. The summed E-state index contributed by atoms with van der Waals surface area (Å²) in [5, 5.41) is 2.42. The van der Waals surface area contributed by atoms with Gasteiger partial charge in [0.25, 0.3) is 0 Å². The molecule has 0 saturated carbocycles. The second kappa shape index (κ2) is 7.11. The first-order chi connectivity index (χ1) is 14.3. The molecule has 1 aliphatic carbocycles. The van der Waals surface area contributed by atoms with Gasteiger partial charge in [-0.25, -0.2) is 4.79 Å². The van der Waals surface area contributed by atoms with Gasteiger partial charge in [0.1, 0.15) is 5.60 Å². The molecule has 30 heavy (non-hydrogen) atoms. The number of benzene rings is 2. The molecule has 1 amide bonds. The lowest BCUT2D eigenvalue weighted by atomic mass is 9.75. The summed E-state index contributed by atoms with van der Waals surface area (Å²) in [5.41, 5.74) is 3.11. The van der Waals surface area contributed by atoms with Crippen LogP contribution >= 0.6 is 0 Å². The second-order valence-corrected chi connectivity index (χ2v) is 10.3. The summed E-state index contributed by atoms with van der Waals surface area (Å²) in [7, 11) is 0. The maximum atomic E-state index is 13.7. The third-order valence-corrected chi connectivity index (χ3v) is 7.09. The van der Waals surface area contributed by atoms with E-state index in [1.807, 2.05) is 31.7 Å². The first-order valence-electron chi connectivity index (χ1n) is 11.4. The SMILES string of the molecule is CC(C)(C)OC(=O)N1C2CCCC1CC(C(=O)c1ccc3c4c(cccc14)CC3)C2. The summed E-state index contributed by atoms with van der Waals surface area (Å²) < 4.78 is 5.69. The highest BCUT2D eigenvalue weighted by molar-refractivity contribution is 6.11. The monoisotopic (exact) mass is 405 g/mol. The van der Waals surface area contributed by atoms with E-state index in [1.54, 1.807) is 0 Å². The van der Waals surface area contributed by atoms with E-state index >= 15 is 0 Å². The summed E-state index contributed by atoms with van der Waals surface area (Å²) in [6.45, 7) is 5.73. The van der Waals surface area contributed by atoms with Crippen LogP contribution in [0.1, 0.15) is 74.4 Å². The fourth-order valence-electron chi connectivity index (χ4n) is 5.89. The van der Waals surface area contributed by atoms with Crippen molar-refractivity contribution >= 4 is 22.6 Å². The molecule has 2 atom stereocenters. The molecule has 2 heterocycles. The van der Waals surface area contributed by atoms with Crippen molar-refractivity contribution in [3.63, 3.8) is 0 Å². The minimum absolute atomic E-state index is 0.0163. The van der Waals surface area contributed by atoms with Crippen LogP contribution in [0, 0.1) is 5.92 Å². The van der Waals surface area contributed by atoms with Gasteiger partial charge in [-0.1, -0.05) is 30.3 Å². The van der Waals surface area contributed by atoms with Crippen LogP contribution in [0.2, 0.25) is 0 Å². The Labute approximate surface area is 178 Å². The molecule has 3 aliphatic rings. The van der Waals surface area contributed by atoms with Crippen LogP contribution in [0.25, 0.3) is 10.8 Å². The zero-order chi connectivity index (χ0) is 21.0. The first kappa shape index (κ1) is 19.6. The molecule has 2 aromatic carbocycles. The van der Waals surface area contributed by atoms with Crippen molar-refractivity contribution in [2.24, 2.45) is 5.92 Å². The van der Waals surface area contributed by atoms with Crippen LogP contribution < -0.4 is 0 Å². The van der Waals surface area contributed by atoms with Crippen molar-refractivity contribution in [2.45, 2.75) is 83.4 Å². The predicted octanol–water partition coefficient (Wildman–Crippen LogP) is 5.69. The number of hydrogen-bond donors (Lipinski definition) is 0. The Kier molecular flexibility index (Phi) is 4.64. The zero-order valence-electron chi connectivity index (χ0n) is 18.2. The van der Waals surface area contributed by atoms with Gasteiger partial charge in [-0.05, 0) is 87.6 Å². The number of carbonyl (C=O) groups is 2. The molecule has 2 unspecified atom stereocenters. The lowest BCUT2D eigenvalue weighted by molar-refractivity contribution is -0.0260. The van der Waals surface area contributed by atoms with Gasteiger partial charge in [-0.3, -0.25) is 4.79 Å². The molecule has 0 spiro atoms. The number of aryl methyl sites for hydroxylation is 2. The summed E-state index contributed by atoms with van der Waals surface area (Å²) >= 11 is 0. The van der Waals surface area contributed by atoms with Crippen molar-refractivity contribution < 1.29 is 14.3 Å². The van der Waals surface area contributed by atoms with Gasteiger partial charge in [0.2, 0.25) is 0 Å². The summed E-state index contributed by atoms with van der Waals surface area (Å²) in [6.07, 6.45) is 6.47. The van der Waals surface area contributed by atoms with Gasteiger partial charge >= 0.3 is 6.09 Å². The Hall–Kier alpha value is -2.36. The molecule has 4 heteroatoms. The number of nitrogens with zero attached hydrogens (tertiary/aromatic N) is 1. The number of piperidine rings is 2. The first-order valence-corrected chi connectivity index (χ1v) is 11.4. The van der Waals surface area contributed by atoms with E-state index in [-0.39, 0.29) is 29.9 Å². The fourth-order valence-corrected chi connectivity index (χ4v) is 5.89. The van der Waals surface area contributed by atoms with E-state index in [4.69, 9.17) is 4.74 Å². The van der Waals surface area contributed by atoms with Gasteiger partial charge < -0.3 is 9.64 Å². The number of fused-ring (bicyclic) bond motifs is 2. The van der Waals surface area contributed by atoms with E-state index < -0.39 is 5.60 Å². The fraction of sp³-hybridized carbons (Fsp3) is 0.538. The smallest absolute Gasteiger partial charge is 0.410 e. The predicted molar refractivity (Wildman–Crippen MR) is 118 cm³/mol. The van der Waals surface area contributed by atoms with Crippen LogP contribution in [-0.2, 0) is 17.6 Å². The Morgan fingerprint density at radius 2 is 1.63 bits per heavy atom. The maximum Gasteiger partial charge on any atom is 0.410 e. The molecule has 0 N–H and O–H groups in total. The largest absolute Gasteiger partial charge is 0.444 e. The van der Waals surface area contributed by atoms with Crippen molar-refractivity contribution in [1.29, 1.82) is 0 Å². The van der Waals surface area contributed by atoms with Crippen molar-refractivity contribution in [3.8, 4) is 0 Å². The Morgan fingerprint density at radius 1 is 0.967 bits per heavy atom. The molecule has 158 valence electrons. The van der Waals surface area contributed by atoms with Crippen LogP contribution in [0.4, 0.5) is 4.79 Å². The van der Waals surface area contributed by atoms with Crippen molar-refractivity contribution in [3.05, 3.63) is 47.0 Å². The van der Waals surface area contributed by atoms with Crippen LogP contribution in [0.15, 0.2) is 30.3 Å². The van der Waals surface area contributed by atoms with Crippen molar-refractivity contribution in [1.82, 2.24) is 4.90 Å². The average molecular weight is 406 g/mol. The minimum atomic E-state index is -0.497. The molecule has 2 bridgehead atoms. The number of amides is 1. The van der Waals surface area contributed by atoms with Crippen molar-refractivity contribution in [2.75, 3.05) is 0 Å². The maximum absolute atomic E-state index is 13.7. The number of Topliss-reactive ketones (excluding diaryl/α,β-unsaturated/α-hetero) is 1. The Morgan fingerprint density at radius 3 is 2.30 bits per heavy atom. The van der Waals surface area contributed by atoms with E-state index in [9.17, 15) is 9.59 Å². The normalized spacial score (nSPS) is 25.4. The van der Waals surface area contributed by atoms with E-state index in [2.05, 4.69) is 24.3 Å². The second-order valence-electron chi connectivity index (χ2n) is 10.3. The van der Waals surface area contributed by atoms with E-state index in [0.29, 0.717) is 0 Å². The van der Waals surface area contributed by atoms with Gasteiger partial charge in [-0.15, -0.1) is 0 Å². The van der Waals surface area contributed by atoms with E-state index in [1.165, 1.54) is 16.5 Å². The minimum Gasteiger partial charge on any atom is -0.444 e. The molecule has 2 fully saturated rings. The lowest BCUT2D eigenvalue weighted by Gasteiger charge is -2.48. The van der Waals surface area contributed by atoms with Gasteiger partial charge in [0.15, 0.2) is 5.78 Å². The quantitative estimate of drug-likeness (QED) is 0.603. The van der Waals surface area contributed by atoms with Gasteiger partial charge in [0, 0.05) is 23.6 Å². The number of ketones is 1. The van der Waals surface area contributed by atoms with E-state index in [0.717, 1.165) is 55.9 Å². The van der Waals surface area contributed by atoms with Gasteiger partial charge in [0.05, 0.1) is 0 Å². The van der Waals surface area contributed by atoms with Crippen LogP contribution in [0.5, 0.6) is 0 Å². The third-order valence-electron chi connectivity index (χ3n) is 7.09. The highest BCUT2D eigenvalue weighted by Gasteiger charge is 2.44. The number of carbonyl (C=O) groups excluding carboxylic acids is 2. The lowest BCUT2D eigenvalue weighted by Crippen LogP contribution is -2.56. The van der Waals surface area contributed by atoms with Gasteiger partial charge in [-0.2, -0.15) is 0 Å².